The van der Waals surface area contributed by atoms with Crippen molar-refractivity contribution in [2.75, 3.05) is 13.2 Å². The van der Waals surface area contributed by atoms with Crippen LogP contribution >= 0.6 is 0 Å². The Morgan fingerprint density at radius 2 is 0.597 bits per heavy atom. The summed E-state index contributed by atoms with van der Waals surface area (Å²) < 4.78 is 10.7. The number of unbranched alkanes of at least 4 members (excludes halogenated alkanes) is 29. The molecular formula is C67H114O5. The fraction of sp³-hybridized carbons (Fsp3) is 0.701. The number of allylic oxidation sites excluding steroid dienone is 18. The maximum absolute atomic E-state index is 12.3. The van der Waals surface area contributed by atoms with Crippen LogP contribution in [0.2, 0.25) is 0 Å². The molecule has 0 amide bonds. The lowest BCUT2D eigenvalue weighted by Crippen LogP contribution is -2.28. The van der Waals surface area contributed by atoms with Gasteiger partial charge in [0.05, 0.1) is 6.61 Å². The second kappa shape index (κ2) is 61.9. The molecule has 1 atom stereocenters. The lowest BCUT2D eigenvalue weighted by atomic mass is 10.0. The average Bonchev–Trinajstić information content (AvgIpc) is 3.38. The van der Waals surface area contributed by atoms with Crippen molar-refractivity contribution in [2.24, 2.45) is 0 Å². The number of hydrogen-bond donors (Lipinski definition) is 1. The molecule has 5 heteroatoms. The van der Waals surface area contributed by atoms with Crippen LogP contribution in [0, 0.1) is 0 Å². The van der Waals surface area contributed by atoms with Crippen molar-refractivity contribution < 1.29 is 24.2 Å². The van der Waals surface area contributed by atoms with Gasteiger partial charge in [-0.05, 0) is 103 Å². The van der Waals surface area contributed by atoms with Crippen molar-refractivity contribution in [2.45, 2.75) is 290 Å². The van der Waals surface area contributed by atoms with Gasteiger partial charge in [0.1, 0.15) is 6.61 Å². The van der Waals surface area contributed by atoms with Gasteiger partial charge in [-0.25, -0.2) is 0 Å². The highest BCUT2D eigenvalue weighted by molar-refractivity contribution is 5.70. The van der Waals surface area contributed by atoms with Gasteiger partial charge in [-0.3, -0.25) is 9.59 Å². The maximum Gasteiger partial charge on any atom is 0.306 e. The van der Waals surface area contributed by atoms with E-state index in [9.17, 15) is 14.7 Å². The number of carbonyl (C=O) groups excluding carboxylic acids is 2. The molecule has 0 radical (unpaired) electrons. The van der Waals surface area contributed by atoms with Crippen LogP contribution in [0.1, 0.15) is 284 Å². The molecule has 0 spiro atoms. The minimum absolute atomic E-state index is 0.0710. The first-order chi connectivity index (χ1) is 35.6. The van der Waals surface area contributed by atoms with Crippen LogP contribution in [-0.2, 0) is 19.1 Å². The second-order valence-electron chi connectivity index (χ2n) is 20.0. The minimum Gasteiger partial charge on any atom is -0.462 e. The molecular weight excluding hydrogens is 885 g/mol. The van der Waals surface area contributed by atoms with Gasteiger partial charge in [-0.15, -0.1) is 0 Å². The lowest BCUT2D eigenvalue weighted by molar-refractivity contribution is -0.161. The summed E-state index contributed by atoms with van der Waals surface area (Å²) in [6.07, 6.45) is 89.4. The minimum atomic E-state index is -0.779. The van der Waals surface area contributed by atoms with E-state index in [1.54, 1.807) is 0 Å². The Labute approximate surface area is 446 Å². The summed E-state index contributed by atoms with van der Waals surface area (Å²) in [5.74, 6) is -0.594. The van der Waals surface area contributed by atoms with Crippen LogP contribution in [0.3, 0.4) is 0 Å². The SMILES string of the molecule is CC/C=C\C/C=C\C/C=C\C/C=C\C/C=C\C/C=C\C/C=C\CCCCCCCCCCCCCCCCCCCCCC(=O)OC(CO)COC(=O)CCCCCCCCC/C=C\C/C=C\CCCCC. The fourth-order valence-corrected chi connectivity index (χ4v) is 8.51. The molecule has 1 N–H and O–H groups in total. The second-order valence-corrected chi connectivity index (χ2v) is 20.0. The molecule has 0 rings (SSSR count). The van der Waals surface area contributed by atoms with Crippen LogP contribution in [0.4, 0.5) is 0 Å². The first kappa shape index (κ1) is 68.6. The molecule has 0 fully saturated rings. The van der Waals surface area contributed by atoms with Crippen molar-refractivity contribution in [1.29, 1.82) is 0 Å². The summed E-state index contributed by atoms with van der Waals surface area (Å²) in [6.45, 7) is 4.01. The summed E-state index contributed by atoms with van der Waals surface area (Å²) in [6, 6.07) is 0. The zero-order chi connectivity index (χ0) is 52.0. The van der Waals surface area contributed by atoms with E-state index in [0.717, 1.165) is 96.3 Å². The Morgan fingerprint density at radius 1 is 0.333 bits per heavy atom. The van der Waals surface area contributed by atoms with Crippen LogP contribution in [0.5, 0.6) is 0 Å². The molecule has 0 aliphatic carbocycles. The smallest absolute Gasteiger partial charge is 0.306 e. The van der Waals surface area contributed by atoms with Crippen molar-refractivity contribution in [3.8, 4) is 0 Å². The molecule has 72 heavy (non-hydrogen) atoms. The molecule has 0 aliphatic heterocycles. The maximum atomic E-state index is 12.3. The molecule has 0 aliphatic rings. The number of hydrogen-bond acceptors (Lipinski definition) is 5. The average molecular weight is 1000 g/mol. The Hall–Kier alpha value is -3.44. The van der Waals surface area contributed by atoms with E-state index in [0.29, 0.717) is 12.8 Å². The number of rotatable bonds is 55. The van der Waals surface area contributed by atoms with E-state index in [1.807, 2.05) is 0 Å². The van der Waals surface area contributed by atoms with Gasteiger partial charge in [0.15, 0.2) is 6.10 Å². The quantitative estimate of drug-likeness (QED) is 0.0373. The van der Waals surface area contributed by atoms with E-state index < -0.39 is 6.10 Å². The van der Waals surface area contributed by atoms with Gasteiger partial charge >= 0.3 is 11.9 Å². The molecule has 5 nitrogen and oxygen atoms in total. The van der Waals surface area contributed by atoms with Gasteiger partial charge < -0.3 is 14.6 Å². The monoisotopic (exact) mass is 999 g/mol. The third-order valence-corrected chi connectivity index (χ3v) is 13.1. The van der Waals surface area contributed by atoms with E-state index in [1.165, 1.54) is 161 Å². The normalized spacial score (nSPS) is 13.0. The summed E-state index contributed by atoms with van der Waals surface area (Å²) >= 11 is 0. The van der Waals surface area contributed by atoms with E-state index in [-0.39, 0.29) is 25.2 Å². The van der Waals surface area contributed by atoms with Crippen LogP contribution in [0.25, 0.3) is 0 Å². The molecule has 0 saturated heterocycles. The molecule has 412 valence electrons. The first-order valence-electron chi connectivity index (χ1n) is 30.4. The summed E-state index contributed by atoms with van der Waals surface area (Å²) in [5, 5.41) is 9.65. The van der Waals surface area contributed by atoms with Crippen molar-refractivity contribution >= 4 is 11.9 Å². The van der Waals surface area contributed by atoms with E-state index >= 15 is 0 Å². The van der Waals surface area contributed by atoms with Crippen LogP contribution in [-0.4, -0.2) is 36.4 Å². The number of aliphatic hydroxyl groups excluding tert-OH is 1. The molecule has 0 heterocycles. The zero-order valence-corrected chi connectivity index (χ0v) is 47.2. The molecule has 0 aromatic heterocycles. The zero-order valence-electron chi connectivity index (χ0n) is 47.2. The van der Waals surface area contributed by atoms with Crippen LogP contribution < -0.4 is 0 Å². The first-order valence-corrected chi connectivity index (χ1v) is 30.4. The van der Waals surface area contributed by atoms with Gasteiger partial charge in [-0.1, -0.05) is 277 Å². The number of esters is 2. The van der Waals surface area contributed by atoms with Gasteiger partial charge in [0.2, 0.25) is 0 Å². The predicted molar refractivity (Wildman–Crippen MR) is 315 cm³/mol. The van der Waals surface area contributed by atoms with Crippen molar-refractivity contribution in [1.82, 2.24) is 0 Å². The third-order valence-electron chi connectivity index (χ3n) is 13.1. The molecule has 0 aromatic carbocycles. The number of ether oxygens (including phenoxy) is 2. The number of aliphatic hydroxyl groups is 1. The highest BCUT2D eigenvalue weighted by Gasteiger charge is 2.16. The van der Waals surface area contributed by atoms with Crippen LogP contribution in [0.15, 0.2) is 109 Å². The number of carbonyl (C=O) groups is 2. The molecule has 0 bridgehead atoms. The van der Waals surface area contributed by atoms with Gasteiger partial charge in [0.25, 0.3) is 0 Å². The standard InChI is InChI=1S/C67H114O5/c1-3-5-7-9-11-13-15-17-19-21-22-23-24-25-26-27-28-29-30-31-32-33-34-35-36-37-38-39-40-41-42-43-44-46-48-50-52-54-56-58-60-62-67(70)72-65(63-68)64-71-66(69)61-59-57-55-53-51-49-47-45-20-18-16-14-12-10-8-6-4-2/h5,7,11-14,17-20,22-23,25-26,28-29,31-32,65,68H,3-4,6,8-10,15-16,21,24,27,30,33-64H2,1-2H3/b7-5-,13-11-,14-12-,19-17-,20-18-,23-22-,26-25-,29-28-,32-31-. The predicted octanol–water partition coefficient (Wildman–Crippen LogP) is 20.9. The molecule has 0 saturated carbocycles. The topological polar surface area (TPSA) is 72.8 Å². The van der Waals surface area contributed by atoms with Crippen molar-refractivity contribution in [3.05, 3.63) is 109 Å². The lowest BCUT2D eigenvalue weighted by Gasteiger charge is -2.15. The third kappa shape index (κ3) is 59.1. The molecule has 1 unspecified atom stereocenters. The van der Waals surface area contributed by atoms with E-state index in [2.05, 4.69) is 123 Å². The van der Waals surface area contributed by atoms with Gasteiger partial charge in [-0.2, -0.15) is 0 Å². The highest BCUT2D eigenvalue weighted by Crippen LogP contribution is 2.16. The Kier molecular flexibility index (Phi) is 58.9. The Balaban J connectivity index is 3.47. The highest BCUT2D eigenvalue weighted by atomic mass is 16.6. The summed E-state index contributed by atoms with van der Waals surface area (Å²) in [7, 11) is 0. The summed E-state index contributed by atoms with van der Waals surface area (Å²) in [5.41, 5.74) is 0. The summed E-state index contributed by atoms with van der Waals surface area (Å²) in [4.78, 5) is 24.5. The Bertz CT molecular complexity index is 1410. The Morgan fingerprint density at radius 3 is 0.903 bits per heavy atom. The van der Waals surface area contributed by atoms with E-state index in [4.69, 9.17) is 9.47 Å². The molecule has 0 aromatic rings. The van der Waals surface area contributed by atoms with Gasteiger partial charge in [0, 0.05) is 12.8 Å². The largest absolute Gasteiger partial charge is 0.462 e. The fourth-order valence-electron chi connectivity index (χ4n) is 8.51. The van der Waals surface area contributed by atoms with Crippen molar-refractivity contribution in [3.63, 3.8) is 0 Å².